The molecule has 0 aliphatic carbocycles. The molecule has 0 bridgehead atoms. The Morgan fingerprint density at radius 3 is 2.46 bits per heavy atom. The number of nitrogens with two attached hydrogens (primary N) is 2. The quantitative estimate of drug-likeness (QED) is 0.464. The molecule has 5 nitrogen and oxygen atoms in total. The first-order chi connectivity index (χ1) is 6.15. The van der Waals surface area contributed by atoms with E-state index in [2.05, 4.69) is 10.7 Å². The summed E-state index contributed by atoms with van der Waals surface area (Å²) in [4.78, 5) is 14.7. The average Bonchev–Trinajstić information content (AvgIpc) is 2.15. The van der Waals surface area contributed by atoms with Crippen molar-refractivity contribution in [3.05, 3.63) is 0 Å². The van der Waals surface area contributed by atoms with E-state index in [4.69, 9.17) is 10.5 Å². The van der Waals surface area contributed by atoms with Gasteiger partial charge in [0.1, 0.15) is 0 Å². The topological polar surface area (TPSA) is 87.6 Å². The number of carbonyl (C=O) groups is 1. The van der Waals surface area contributed by atoms with Crippen molar-refractivity contribution < 1.29 is 14.4 Å². The van der Waals surface area contributed by atoms with Crippen molar-refractivity contribution in [2.75, 3.05) is 0 Å². The molecule has 0 radical (unpaired) electrons. The molecule has 5 heteroatoms. The van der Waals surface area contributed by atoms with Crippen LogP contribution in [-0.4, -0.2) is 18.3 Å². The highest BCUT2D eigenvalue weighted by Gasteiger charge is 2.18. The van der Waals surface area contributed by atoms with Crippen LogP contribution in [0.25, 0.3) is 0 Å². The molecule has 78 valence electrons. The number of ether oxygens (including phenoxy) is 1. The van der Waals surface area contributed by atoms with Crippen molar-refractivity contribution in [2.45, 2.75) is 45.4 Å². The largest absolute Gasteiger partial charge is 0.370 e. The Bertz CT molecular complexity index is 152. The molecular formula is C8H18N2O3. The smallest absolute Gasteiger partial charge is 0.368 e. The van der Waals surface area contributed by atoms with Gasteiger partial charge in [-0.15, -0.1) is 0 Å². The zero-order valence-corrected chi connectivity index (χ0v) is 8.16. The maximum absolute atomic E-state index is 10.8. The minimum Gasteiger partial charge on any atom is -0.370 e. The second-order valence-corrected chi connectivity index (χ2v) is 2.81. The number of carbonyl (C=O) groups excluding carboxylic acids is 1. The molecule has 0 aliphatic heterocycles. The van der Waals surface area contributed by atoms with Gasteiger partial charge in [-0.3, -0.25) is 5.73 Å². The van der Waals surface area contributed by atoms with Crippen LogP contribution in [0, 0.1) is 0 Å². The highest BCUT2D eigenvalue weighted by Crippen LogP contribution is 2.07. The van der Waals surface area contributed by atoms with Crippen molar-refractivity contribution in [3.63, 3.8) is 0 Å². The third-order valence-electron chi connectivity index (χ3n) is 1.75. The lowest BCUT2D eigenvalue weighted by Crippen LogP contribution is -2.39. The van der Waals surface area contributed by atoms with Crippen LogP contribution >= 0.6 is 0 Å². The standard InChI is InChI=1S/C8H18N2O3/c1-3-5-6(4-2)12-7(9)8(11)13-10/h6-7H,3-5,9-10H2,1-2H3. The molecule has 2 atom stereocenters. The summed E-state index contributed by atoms with van der Waals surface area (Å²) in [5, 5.41) is 0. The van der Waals surface area contributed by atoms with Crippen LogP contribution in [0.3, 0.4) is 0 Å². The highest BCUT2D eigenvalue weighted by molar-refractivity contribution is 5.73. The Morgan fingerprint density at radius 2 is 2.08 bits per heavy atom. The van der Waals surface area contributed by atoms with E-state index in [9.17, 15) is 4.79 Å². The Kier molecular flexibility index (Phi) is 6.48. The average molecular weight is 190 g/mol. The SMILES string of the molecule is CCCC(CC)OC(N)C(=O)ON. The summed E-state index contributed by atoms with van der Waals surface area (Å²) in [5.74, 6) is 3.91. The molecule has 0 amide bonds. The van der Waals surface area contributed by atoms with E-state index in [1.807, 2.05) is 13.8 Å². The van der Waals surface area contributed by atoms with Gasteiger partial charge < -0.3 is 9.57 Å². The van der Waals surface area contributed by atoms with Crippen molar-refractivity contribution in [3.8, 4) is 0 Å². The molecule has 13 heavy (non-hydrogen) atoms. The number of hydrogen-bond donors (Lipinski definition) is 2. The van der Waals surface area contributed by atoms with Crippen LogP contribution in [0.5, 0.6) is 0 Å². The van der Waals surface area contributed by atoms with E-state index in [0.29, 0.717) is 0 Å². The molecule has 0 saturated carbocycles. The molecule has 0 spiro atoms. The lowest BCUT2D eigenvalue weighted by atomic mass is 10.1. The van der Waals surface area contributed by atoms with Gasteiger partial charge in [-0.05, 0) is 12.8 Å². The maximum atomic E-state index is 10.8. The van der Waals surface area contributed by atoms with Gasteiger partial charge in [0, 0.05) is 0 Å². The molecule has 0 rings (SSSR count). The summed E-state index contributed by atoms with van der Waals surface area (Å²) in [7, 11) is 0. The third kappa shape index (κ3) is 4.82. The first kappa shape index (κ1) is 12.3. The molecule has 0 heterocycles. The lowest BCUT2D eigenvalue weighted by molar-refractivity contribution is -0.161. The molecule has 0 saturated heterocycles. The van der Waals surface area contributed by atoms with Gasteiger partial charge >= 0.3 is 5.97 Å². The first-order valence-electron chi connectivity index (χ1n) is 4.47. The van der Waals surface area contributed by atoms with Crippen LogP contribution in [0.1, 0.15) is 33.1 Å². The summed E-state index contributed by atoms with van der Waals surface area (Å²) < 4.78 is 5.22. The molecule has 0 aromatic carbocycles. The van der Waals surface area contributed by atoms with E-state index < -0.39 is 12.2 Å². The van der Waals surface area contributed by atoms with E-state index in [1.165, 1.54) is 0 Å². The van der Waals surface area contributed by atoms with Gasteiger partial charge in [-0.2, -0.15) is 5.90 Å². The number of hydrogen-bond acceptors (Lipinski definition) is 5. The first-order valence-corrected chi connectivity index (χ1v) is 4.47. The van der Waals surface area contributed by atoms with Crippen LogP contribution in [0.4, 0.5) is 0 Å². The van der Waals surface area contributed by atoms with Crippen molar-refractivity contribution in [1.82, 2.24) is 0 Å². The predicted octanol–water partition coefficient (Wildman–Crippen LogP) is 0.283. The minimum atomic E-state index is -1.07. The summed E-state index contributed by atoms with van der Waals surface area (Å²) in [6.45, 7) is 4.01. The van der Waals surface area contributed by atoms with Crippen LogP contribution in [0.2, 0.25) is 0 Å². The van der Waals surface area contributed by atoms with Crippen molar-refractivity contribution >= 4 is 5.97 Å². The summed E-state index contributed by atoms with van der Waals surface area (Å²) in [6.07, 6.45) is 1.62. The third-order valence-corrected chi connectivity index (χ3v) is 1.75. The molecule has 0 aliphatic rings. The fourth-order valence-electron chi connectivity index (χ4n) is 1.02. The van der Waals surface area contributed by atoms with Gasteiger partial charge in [-0.25, -0.2) is 4.79 Å². The molecule has 0 aromatic rings. The van der Waals surface area contributed by atoms with Gasteiger partial charge in [0.2, 0.25) is 6.23 Å². The Balaban J connectivity index is 3.85. The summed E-state index contributed by atoms with van der Waals surface area (Å²) in [6, 6.07) is 0. The van der Waals surface area contributed by atoms with E-state index >= 15 is 0 Å². The predicted molar refractivity (Wildman–Crippen MR) is 48.3 cm³/mol. The fraction of sp³-hybridized carbons (Fsp3) is 0.875. The van der Waals surface area contributed by atoms with E-state index in [1.54, 1.807) is 0 Å². The Hall–Kier alpha value is -0.650. The number of rotatable bonds is 6. The second-order valence-electron chi connectivity index (χ2n) is 2.81. The van der Waals surface area contributed by atoms with Crippen molar-refractivity contribution in [2.24, 2.45) is 11.6 Å². The van der Waals surface area contributed by atoms with Gasteiger partial charge in [-0.1, -0.05) is 20.3 Å². The van der Waals surface area contributed by atoms with Crippen LogP contribution in [0.15, 0.2) is 0 Å². The summed E-state index contributed by atoms with van der Waals surface area (Å²) in [5.41, 5.74) is 5.36. The van der Waals surface area contributed by atoms with Gasteiger partial charge in [0.15, 0.2) is 0 Å². The lowest BCUT2D eigenvalue weighted by Gasteiger charge is -2.18. The Labute approximate surface area is 78.3 Å². The zero-order valence-electron chi connectivity index (χ0n) is 8.16. The summed E-state index contributed by atoms with van der Waals surface area (Å²) >= 11 is 0. The van der Waals surface area contributed by atoms with Crippen LogP contribution < -0.4 is 11.6 Å². The van der Waals surface area contributed by atoms with Gasteiger partial charge in [0.05, 0.1) is 6.10 Å². The molecule has 0 fully saturated rings. The maximum Gasteiger partial charge on any atom is 0.368 e. The molecule has 2 unspecified atom stereocenters. The normalized spacial score (nSPS) is 15.1. The monoisotopic (exact) mass is 190 g/mol. The van der Waals surface area contributed by atoms with Crippen LogP contribution in [-0.2, 0) is 14.4 Å². The fourth-order valence-corrected chi connectivity index (χ4v) is 1.02. The highest BCUT2D eigenvalue weighted by atomic mass is 16.7. The molecule has 0 aromatic heterocycles. The van der Waals surface area contributed by atoms with E-state index in [0.717, 1.165) is 19.3 Å². The Morgan fingerprint density at radius 1 is 1.46 bits per heavy atom. The molecular weight excluding hydrogens is 172 g/mol. The van der Waals surface area contributed by atoms with E-state index in [-0.39, 0.29) is 6.10 Å². The van der Waals surface area contributed by atoms with Crippen molar-refractivity contribution in [1.29, 1.82) is 0 Å². The molecule has 4 N–H and O–H groups in total. The van der Waals surface area contributed by atoms with Gasteiger partial charge in [0.25, 0.3) is 0 Å². The minimum absolute atomic E-state index is 0.000833. The zero-order chi connectivity index (χ0) is 10.3. The second kappa shape index (κ2) is 6.82.